The molecule has 0 bridgehead atoms. The van der Waals surface area contributed by atoms with Gasteiger partial charge in [-0.1, -0.05) is 6.07 Å². The van der Waals surface area contributed by atoms with Gasteiger partial charge in [0.25, 0.3) is 5.91 Å². The maximum absolute atomic E-state index is 13.5. The van der Waals surface area contributed by atoms with Crippen LogP contribution in [0.4, 0.5) is 4.39 Å². The molecule has 18 heavy (non-hydrogen) atoms. The summed E-state index contributed by atoms with van der Waals surface area (Å²) in [4.78, 5) is 11.8. The lowest BCUT2D eigenvalue weighted by Gasteiger charge is -2.20. The summed E-state index contributed by atoms with van der Waals surface area (Å²) < 4.78 is 18.6. The monoisotopic (exact) mass is 253 g/mol. The lowest BCUT2D eigenvalue weighted by molar-refractivity contribution is 0.0264. The highest BCUT2D eigenvalue weighted by Gasteiger charge is 2.32. The van der Waals surface area contributed by atoms with Crippen molar-refractivity contribution in [3.8, 4) is 0 Å². The summed E-state index contributed by atoms with van der Waals surface area (Å²) >= 11 is 0. The Labute approximate surface area is 105 Å². The third-order valence-corrected chi connectivity index (χ3v) is 3.03. The van der Waals surface area contributed by atoms with Crippen LogP contribution in [0.25, 0.3) is 0 Å². The van der Waals surface area contributed by atoms with Crippen molar-refractivity contribution in [3.05, 3.63) is 35.1 Å². The van der Waals surface area contributed by atoms with Crippen molar-refractivity contribution in [2.24, 2.45) is 0 Å². The van der Waals surface area contributed by atoms with Gasteiger partial charge in [0.1, 0.15) is 11.4 Å². The molecule has 1 aromatic carbocycles. The molecule has 5 heteroatoms. The molecule has 1 aromatic rings. The van der Waals surface area contributed by atoms with Gasteiger partial charge in [-0.15, -0.1) is 0 Å². The third-order valence-electron chi connectivity index (χ3n) is 3.03. The molecule has 1 aliphatic heterocycles. The highest BCUT2D eigenvalue weighted by molar-refractivity contribution is 5.94. The third kappa shape index (κ3) is 2.86. The quantitative estimate of drug-likeness (QED) is 0.845. The van der Waals surface area contributed by atoms with Gasteiger partial charge in [-0.3, -0.25) is 4.79 Å². The molecule has 1 unspecified atom stereocenters. The largest absolute Gasteiger partial charge is 0.386 e. The average molecular weight is 253 g/mol. The maximum atomic E-state index is 13.5. The molecule has 4 nitrogen and oxygen atoms in total. The van der Waals surface area contributed by atoms with Crippen LogP contribution in [-0.4, -0.2) is 36.4 Å². The first kappa shape index (κ1) is 13.0. The van der Waals surface area contributed by atoms with E-state index >= 15 is 0 Å². The first-order chi connectivity index (χ1) is 8.50. The van der Waals surface area contributed by atoms with Gasteiger partial charge in [-0.2, -0.15) is 0 Å². The molecule has 1 atom stereocenters. The van der Waals surface area contributed by atoms with Crippen LogP contribution >= 0.6 is 0 Å². The number of hydrogen-bond acceptors (Lipinski definition) is 3. The van der Waals surface area contributed by atoms with Crippen LogP contribution in [0.2, 0.25) is 0 Å². The summed E-state index contributed by atoms with van der Waals surface area (Å²) in [5, 5.41) is 12.5. The molecule has 98 valence electrons. The van der Waals surface area contributed by atoms with E-state index in [1.807, 2.05) is 0 Å². The number of aliphatic hydroxyl groups is 1. The minimum Gasteiger partial charge on any atom is -0.386 e. The molecule has 1 fully saturated rings. The van der Waals surface area contributed by atoms with Gasteiger partial charge in [-0.25, -0.2) is 4.39 Å². The predicted molar refractivity (Wildman–Crippen MR) is 63.9 cm³/mol. The van der Waals surface area contributed by atoms with E-state index in [2.05, 4.69) is 5.32 Å². The fourth-order valence-corrected chi connectivity index (χ4v) is 1.88. The first-order valence-corrected chi connectivity index (χ1v) is 5.85. The van der Waals surface area contributed by atoms with Crippen LogP contribution in [0.1, 0.15) is 22.3 Å². The molecule has 2 rings (SSSR count). The number of aryl methyl sites for hydroxylation is 1. The number of hydrogen-bond donors (Lipinski definition) is 2. The minimum absolute atomic E-state index is 0.0110. The minimum atomic E-state index is -1.03. The summed E-state index contributed by atoms with van der Waals surface area (Å²) in [6.07, 6.45) is 0.476. The van der Waals surface area contributed by atoms with E-state index in [4.69, 9.17) is 4.74 Å². The summed E-state index contributed by atoms with van der Waals surface area (Å²) in [6, 6.07) is 4.42. The van der Waals surface area contributed by atoms with Crippen LogP contribution in [0.5, 0.6) is 0 Å². The Morgan fingerprint density at radius 3 is 3.00 bits per heavy atom. The maximum Gasteiger partial charge on any atom is 0.254 e. The highest BCUT2D eigenvalue weighted by Crippen LogP contribution is 2.17. The van der Waals surface area contributed by atoms with Crippen molar-refractivity contribution in [3.63, 3.8) is 0 Å². The Bertz CT molecular complexity index is 456. The number of ether oxygens (including phenoxy) is 1. The summed E-state index contributed by atoms with van der Waals surface area (Å²) in [5.74, 6) is -1.07. The average Bonchev–Trinajstić information content (AvgIpc) is 2.74. The summed E-state index contributed by atoms with van der Waals surface area (Å²) in [6.45, 7) is 2.50. The van der Waals surface area contributed by atoms with Gasteiger partial charge >= 0.3 is 0 Å². The molecule has 0 saturated carbocycles. The first-order valence-electron chi connectivity index (χ1n) is 5.85. The van der Waals surface area contributed by atoms with E-state index in [9.17, 15) is 14.3 Å². The zero-order valence-corrected chi connectivity index (χ0v) is 10.2. The lowest BCUT2D eigenvalue weighted by Crippen LogP contribution is -2.43. The van der Waals surface area contributed by atoms with Crippen LogP contribution < -0.4 is 5.32 Å². The summed E-state index contributed by atoms with van der Waals surface area (Å²) in [5.41, 5.74) is -0.286. The molecule has 0 aliphatic carbocycles. The Kier molecular flexibility index (Phi) is 3.63. The molecule has 0 spiro atoms. The predicted octanol–water partition coefficient (Wildman–Crippen LogP) is 1.02. The van der Waals surface area contributed by atoms with E-state index in [0.717, 1.165) is 5.56 Å². The smallest absolute Gasteiger partial charge is 0.254 e. The van der Waals surface area contributed by atoms with Crippen molar-refractivity contribution in [1.82, 2.24) is 5.32 Å². The molecule has 1 amide bonds. The van der Waals surface area contributed by atoms with Crippen LogP contribution in [0.3, 0.4) is 0 Å². The van der Waals surface area contributed by atoms with Gasteiger partial charge in [0.15, 0.2) is 0 Å². The second-order valence-electron chi connectivity index (χ2n) is 4.69. The second kappa shape index (κ2) is 5.04. The molecular formula is C13H16FNO3. The van der Waals surface area contributed by atoms with Crippen molar-refractivity contribution in [1.29, 1.82) is 0 Å². The number of carbonyl (C=O) groups excluding carboxylic acids is 1. The highest BCUT2D eigenvalue weighted by atomic mass is 19.1. The van der Waals surface area contributed by atoms with Crippen LogP contribution in [0, 0.1) is 12.7 Å². The number of nitrogens with one attached hydrogen (secondary N) is 1. The van der Waals surface area contributed by atoms with E-state index in [-0.39, 0.29) is 18.7 Å². The van der Waals surface area contributed by atoms with Crippen LogP contribution in [-0.2, 0) is 4.74 Å². The Hall–Kier alpha value is -1.46. The number of amides is 1. The van der Waals surface area contributed by atoms with Crippen molar-refractivity contribution in [2.45, 2.75) is 18.9 Å². The van der Waals surface area contributed by atoms with Crippen LogP contribution in [0.15, 0.2) is 18.2 Å². The SMILES string of the molecule is Cc1ccc(C(=O)NCC2(O)CCOC2)c(F)c1. The zero-order valence-electron chi connectivity index (χ0n) is 10.2. The van der Waals surface area contributed by atoms with E-state index < -0.39 is 17.3 Å². The summed E-state index contributed by atoms with van der Waals surface area (Å²) in [7, 11) is 0. The molecule has 0 radical (unpaired) electrons. The molecule has 1 aliphatic rings. The zero-order chi connectivity index (χ0) is 13.2. The number of benzene rings is 1. The topological polar surface area (TPSA) is 58.6 Å². The normalized spacial score (nSPS) is 23.1. The number of rotatable bonds is 3. The number of halogens is 1. The van der Waals surface area contributed by atoms with Gasteiger partial charge in [0, 0.05) is 19.6 Å². The van der Waals surface area contributed by atoms with Crippen molar-refractivity contribution < 1.29 is 19.0 Å². The molecule has 2 N–H and O–H groups in total. The number of carbonyl (C=O) groups is 1. The van der Waals surface area contributed by atoms with E-state index in [1.165, 1.54) is 12.1 Å². The Morgan fingerprint density at radius 2 is 2.39 bits per heavy atom. The molecule has 0 aromatic heterocycles. The van der Waals surface area contributed by atoms with Crippen molar-refractivity contribution in [2.75, 3.05) is 19.8 Å². The second-order valence-corrected chi connectivity index (χ2v) is 4.69. The Morgan fingerprint density at radius 1 is 1.61 bits per heavy atom. The van der Waals surface area contributed by atoms with E-state index in [0.29, 0.717) is 13.0 Å². The van der Waals surface area contributed by atoms with Gasteiger partial charge < -0.3 is 15.2 Å². The van der Waals surface area contributed by atoms with E-state index in [1.54, 1.807) is 13.0 Å². The van der Waals surface area contributed by atoms with Crippen molar-refractivity contribution >= 4 is 5.91 Å². The van der Waals surface area contributed by atoms with Gasteiger partial charge in [0.2, 0.25) is 0 Å². The van der Waals surface area contributed by atoms with Gasteiger partial charge in [-0.05, 0) is 24.6 Å². The van der Waals surface area contributed by atoms with Gasteiger partial charge in [0.05, 0.1) is 12.2 Å². The fourth-order valence-electron chi connectivity index (χ4n) is 1.88. The molecule has 1 heterocycles. The fraction of sp³-hybridized carbons (Fsp3) is 0.462. The lowest BCUT2D eigenvalue weighted by atomic mass is 10.0. The standard InChI is InChI=1S/C13H16FNO3/c1-9-2-3-10(11(14)6-9)12(16)15-7-13(17)4-5-18-8-13/h2-3,6,17H,4-5,7-8H2,1H3,(H,15,16). The molecular weight excluding hydrogens is 237 g/mol. The Balaban J connectivity index is 1.99. The molecule has 1 saturated heterocycles.